The quantitative estimate of drug-likeness (QED) is 0.730. The summed E-state index contributed by atoms with van der Waals surface area (Å²) in [7, 11) is 0. The molecule has 1 saturated carbocycles. The minimum atomic E-state index is 0.557. The molecule has 0 aromatic heterocycles. The molecule has 2 fully saturated rings. The van der Waals surface area contributed by atoms with E-state index in [0.29, 0.717) is 12.2 Å². The average molecular weight is 239 g/mol. The predicted octanol–water partition coefficient (Wildman–Crippen LogP) is 3.31. The van der Waals surface area contributed by atoms with Gasteiger partial charge in [-0.25, -0.2) is 0 Å². The number of rotatable bonds is 5. The zero-order valence-corrected chi connectivity index (χ0v) is 11.8. The lowest BCUT2D eigenvalue weighted by Crippen LogP contribution is -2.42. The fourth-order valence-corrected chi connectivity index (χ4v) is 3.12. The molecule has 0 amide bonds. The highest BCUT2D eigenvalue weighted by Crippen LogP contribution is 2.37. The van der Waals surface area contributed by atoms with E-state index in [1.807, 2.05) is 0 Å². The predicted molar refractivity (Wildman–Crippen MR) is 72.2 cm³/mol. The van der Waals surface area contributed by atoms with Gasteiger partial charge in [-0.1, -0.05) is 20.8 Å². The van der Waals surface area contributed by atoms with E-state index in [2.05, 4.69) is 25.7 Å². The summed E-state index contributed by atoms with van der Waals surface area (Å²) in [5.41, 5.74) is 0. The molecule has 0 bridgehead atoms. The van der Waals surface area contributed by atoms with Gasteiger partial charge in [0.1, 0.15) is 0 Å². The molecule has 1 aliphatic heterocycles. The second kappa shape index (κ2) is 6.19. The number of hydrogen-bond acceptors (Lipinski definition) is 2. The van der Waals surface area contributed by atoms with Gasteiger partial charge in [0.2, 0.25) is 0 Å². The lowest BCUT2D eigenvalue weighted by atomic mass is 9.75. The second-order valence-corrected chi connectivity index (χ2v) is 6.27. The van der Waals surface area contributed by atoms with E-state index < -0.39 is 0 Å². The van der Waals surface area contributed by atoms with Gasteiger partial charge in [0.25, 0.3) is 0 Å². The van der Waals surface area contributed by atoms with Crippen LogP contribution in [-0.2, 0) is 4.74 Å². The Kier molecular flexibility index (Phi) is 4.87. The fourth-order valence-electron chi connectivity index (χ4n) is 3.12. The summed E-state index contributed by atoms with van der Waals surface area (Å²) in [5, 5.41) is 0. The lowest BCUT2D eigenvalue weighted by Gasteiger charge is -2.41. The molecule has 2 nitrogen and oxygen atoms in total. The lowest BCUT2D eigenvalue weighted by molar-refractivity contribution is -0.101. The van der Waals surface area contributed by atoms with Crippen LogP contribution in [0, 0.1) is 11.8 Å². The Morgan fingerprint density at radius 3 is 2.29 bits per heavy atom. The van der Waals surface area contributed by atoms with Gasteiger partial charge < -0.3 is 9.64 Å². The van der Waals surface area contributed by atoms with Crippen LogP contribution in [-0.4, -0.2) is 36.7 Å². The summed E-state index contributed by atoms with van der Waals surface area (Å²) in [6.07, 6.45) is 7.56. The minimum absolute atomic E-state index is 0.557. The Bertz CT molecular complexity index is 215. The first-order valence-corrected chi connectivity index (χ1v) is 7.56. The van der Waals surface area contributed by atoms with Gasteiger partial charge >= 0.3 is 0 Å². The molecule has 0 aromatic carbocycles. The summed E-state index contributed by atoms with van der Waals surface area (Å²) in [5.74, 6) is 1.78. The van der Waals surface area contributed by atoms with E-state index in [9.17, 15) is 0 Å². The minimum Gasteiger partial charge on any atom is -0.375 e. The highest BCUT2D eigenvalue weighted by atomic mass is 16.5. The average Bonchev–Trinajstić information content (AvgIpc) is 2.25. The molecule has 2 aliphatic rings. The molecule has 1 heterocycles. The van der Waals surface area contributed by atoms with E-state index >= 15 is 0 Å². The molecule has 0 aromatic rings. The van der Waals surface area contributed by atoms with Gasteiger partial charge in [0.15, 0.2) is 0 Å². The van der Waals surface area contributed by atoms with Crippen molar-refractivity contribution < 1.29 is 4.74 Å². The Morgan fingerprint density at radius 1 is 1.12 bits per heavy atom. The van der Waals surface area contributed by atoms with Crippen molar-refractivity contribution in [1.29, 1.82) is 0 Å². The molecule has 1 saturated heterocycles. The van der Waals surface area contributed by atoms with E-state index in [1.54, 1.807) is 0 Å². The maximum Gasteiger partial charge on any atom is 0.0603 e. The van der Waals surface area contributed by atoms with Crippen molar-refractivity contribution in [3.05, 3.63) is 0 Å². The van der Waals surface area contributed by atoms with Gasteiger partial charge in [-0.05, 0) is 50.5 Å². The highest BCUT2D eigenvalue weighted by Gasteiger charge is 2.34. The first-order chi connectivity index (χ1) is 8.19. The molecule has 0 spiro atoms. The molecular formula is C15H29NO. The standard InChI is InChI=1S/C15H29NO/c1-4-7-16-8-5-14(6-9-16)17-15-10-13(11-15)12(2)3/h12-15H,4-11H2,1-3H3. The fraction of sp³-hybridized carbons (Fsp3) is 1.00. The Morgan fingerprint density at radius 2 is 1.76 bits per heavy atom. The molecule has 100 valence electrons. The Balaban J connectivity index is 1.60. The van der Waals surface area contributed by atoms with Crippen LogP contribution in [0.5, 0.6) is 0 Å². The maximum absolute atomic E-state index is 6.21. The summed E-state index contributed by atoms with van der Waals surface area (Å²) >= 11 is 0. The van der Waals surface area contributed by atoms with Crippen molar-refractivity contribution in [3.8, 4) is 0 Å². The van der Waals surface area contributed by atoms with Crippen LogP contribution in [0.1, 0.15) is 52.9 Å². The van der Waals surface area contributed by atoms with E-state index in [-0.39, 0.29) is 0 Å². The number of hydrogen-bond donors (Lipinski definition) is 0. The van der Waals surface area contributed by atoms with Crippen molar-refractivity contribution in [1.82, 2.24) is 4.90 Å². The third-order valence-electron chi connectivity index (χ3n) is 4.53. The third kappa shape index (κ3) is 3.69. The summed E-state index contributed by atoms with van der Waals surface area (Å²) in [6, 6.07) is 0. The SMILES string of the molecule is CCCN1CCC(OC2CC(C(C)C)C2)CC1. The van der Waals surface area contributed by atoms with Gasteiger partial charge in [0, 0.05) is 13.1 Å². The van der Waals surface area contributed by atoms with Crippen molar-refractivity contribution >= 4 is 0 Å². The summed E-state index contributed by atoms with van der Waals surface area (Å²) in [4.78, 5) is 2.58. The van der Waals surface area contributed by atoms with Crippen molar-refractivity contribution in [3.63, 3.8) is 0 Å². The zero-order valence-electron chi connectivity index (χ0n) is 11.8. The molecule has 0 unspecified atom stereocenters. The van der Waals surface area contributed by atoms with Crippen LogP contribution >= 0.6 is 0 Å². The van der Waals surface area contributed by atoms with Crippen molar-refractivity contribution in [2.24, 2.45) is 11.8 Å². The zero-order chi connectivity index (χ0) is 12.3. The number of ether oxygens (including phenoxy) is 1. The normalized spacial score (nSPS) is 31.8. The molecular weight excluding hydrogens is 210 g/mol. The molecule has 0 atom stereocenters. The van der Waals surface area contributed by atoms with E-state index in [0.717, 1.165) is 11.8 Å². The molecule has 17 heavy (non-hydrogen) atoms. The Hall–Kier alpha value is -0.0800. The van der Waals surface area contributed by atoms with Crippen LogP contribution in [0.4, 0.5) is 0 Å². The number of piperidine rings is 1. The van der Waals surface area contributed by atoms with Crippen molar-refractivity contribution in [2.45, 2.75) is 65.1 Å². The van der Waals surface area contributed by atoms with E-state index in [4.69, 9.17) is 4.74 Å². The largest absolute Gasteiger partial charge is 0.375 e. The summed E-state index contributed by atoms with van der Waals surface area (Å²) in [6.45, 7) is 10.7. The summed E-state index contributed by atoms with van der Waals surface area (Å²) < 4.78 is 6.21. The Labute approximate surface area is 107 Å². The van der Waals surface area contributed by atoms with E-state index in [1.165, 1.54) is 51.7 Å². The first kappa shape index (κ1) is 13.4. The highest BCUT2D eigenvalue weighted by molar-refractivity contribution is 4.84. The molecule has 1 aliphatic carbocycles. The number of nitrogens with zero attached hydrogens (tertiary/aromatic N) is 1. The van der Waals surface area contributed by atoms with Crippen LogP contribution in [0.2, 0.25) is 0 Å². The van der Waals surface area contributed by atoms with Crippen LogP contribution in [0.15, 0.2) is 0 Å². The van der Waals surface area contributed by atoms with Gasteiger partial charge in [-0.3, -0.25) is 0 Å². The van der Waals surface area contributed by atoms with Gasteiger partial charge in [-0.2, -0.15) is 0 Å². The monoisotopic (exact) mass is 239 g/mol. The smallest absolute Gasteiger partial charge is 0.0603 e. The molecule has 2 heteroatoms. The molecule has 0 N–H and O–H groups in total. The van der Waals surface area contributed by atoms with Crippen LogP contribution < -0.4 is 0 Å². The topological polar surface area (TPSA) is 12.5 Å². The second-order valence-electron chi connectivity index (χ2n) is 6.27. The van der Waals surface area contributed by atoms with Crippen molar-refractivity contribution in [2.75, 3.05) is 19.6 Å². The van der Waals surface area contributed by atoms with Crippen LogP contribution in [0.25, 0.3) is 0 Å². The van der Waals surface area contributed by atoms with Crippen LogP contribution in [0.3, 0.4) is 0 Å². The number of likely N-dealkylation sites (tertiary alicyclic amines) is 1. The first-order valence-electron chi connectivity index (χ1n) is 7.56. The molecule has 0 radical (unpaired) electrons. The third-order valence-corrected chi connectivity index (χ3v) is 4.53. The molecule has 2 rings (SSSR count). The van der Waals surface area contributed by atoms with Gasteiger partial charge in [0.05, 0.1) is 12.2 Å². The van der Waals surface area contributed by atoms with Gasteiger partial charge in [-0.15, -0.1) is 0 Å². The maximum atomic E-state index is 6.21.